The predicted molar refractivity (Wildman–Crippen MR) is 81.4 cm³/mol. The minimum atomic E-state index is -0.348. The Hall–Kier alpha value is -2.62. The third kappa shape index (κ3) is 2.40. The molecule has 0 saturated heterocycles. The maximum Gasteiger partial charge on any atom is 0.339 e. The van der Waals surface area contributed by atoms with E-state index in [0.717, 1.165) is 16.9 Å². The molecule has 0 radical (unpaired) electrons. The van der Waals surface area contributed by atoms with Crippen molar-refractivity contribution in [1.82, 2.24) is 9.38 Å². The number of nitrogens with zero attached hydrogens (tertiary/aromatic N) is 2. The highest BCUT2D eigenvalue weighted by atomic mass is 16.5. The molecule has 4 heteroatoms. The van der Waals surface area contributed by atoms with Crippen LogP contribution in [0.3, 0.4) is 0 Å². The van der Waals surface area contributed by atoms with E-state index < -0.39 is 0 Å². The Bertz CT molecular complexity index is 834. The number of esters is 1. The molecule has 0 saturated carbocycles. The van der Waals surface area contributed by atoms with Crippen LogP contribution in [0.2, 0.25) is 0 Å². The fourth-order valence-corrected chi connectivity index (χ4v) is 2.46. The molecular weight excluding hydrogens is 264 g/mol. The molecule has 0 N–H and O–H groups in total. The Kier molecular flexibility index (Phi) is 3.22. The van der Waals surface area contributed by atoms with Crippen molar-refractivity contribution in [3.63, 3.8) is 0 Å². The minimum Gasteiger partial charge on any atom is -0.465 e. The van der Waals surface area contributed by atoms with Crippen molar-refractivity contribution in [2.24, 2.45) is 0 Å². The predicted octanol–water partition coefficient (Wildman–Crippen LogP) is 3.40. The molecule has 2 aromatic heterocycles. The zero-order chi connectivity index (χ0) is 15.0. The molecule has 3 aromatic rings. The molecule has 0 aliphatic heterocycles. The zero-order valence-corrected chi connectivity index (χ0v) is 12.3. The van der Waals surface area contributed by atoms with E-state index in [0.29, 0.717) is 5.56 Å². The summed E-state index contributed by atoms with van der Waals surface area (Å²) in [4.78, 5) is 16.2. The minimum absolute atomic E-state index is 0.348. The molecule has 0 spiro atoms. The van der Waals surface area contributed by atoms with Gasteiger partial charge in [-0.15, -0.1) is 0 Å². The van der Waals surface area contributed by atoms with Gasteiger partial charge in [0.1, 0.15) is 5.65 Å². The Balaban J connectivity index is 2.10. The number of carbonyl (C=O) groups is 1. The number of aromatic nitrogens is 2. The van der Waals surface area contributed by atoms with Crippen LogP contribution in [0.25, 0.3) is 16.9 Å². The summed E-state index contributed by atoms with van der Waals surface area (Å²) < 4.78 is 6.58. The molecule has 21 heavy (non-hydrogen) atoms. The van der Waals surface area contributed by atoms with E-state index in [4.69, 9.17) is 4.74 Å². The molecule has 0 atom stereocenters. The van der Waals surface area contributed by atoms with Crippen LogP contribution >= 0.6 is 0 Å². The monoisotopic (exact) mass is 280 g/mol. The number of rotatable bonds is 2. The number of fused-ring (bicyclic) bond motifs is 1. The standard InChI is InChI=1S/C17H16N2O2/c1-11-4-6-14(12(2)8-11)15-10-19-9-13(17(20)21-3)5-7-16(19)18-15/h4-10H,1-3H3. The normalized spacial score (nSPS) is 10.8. The molecule has 4 nitrogen and oxygen atoms in total. The third-order valence-electron chi connectivity index (χ3n) is 3.53. The Morgan fingerprint density at radius 3 is 2.67 bits per heavy atom. The van der Waals surface area contributed by atoms with Gasteiger partial charge in [0.05, 0.1) is 18.4 Å². The van der Waals surface area contributed by atoms with Crippen LogP contribution < -0.4 is 0 Å². The Morgan fingerprint density at radius 1 is 1.14 bits per heavy atom. The lowest BCUT2D eigenvalue weighted by atomic mass is 10.0. The second-order valence-electron chi connectivity index (χ2n) is 5.12. The quantitative estimate of drug-likeness (QED) is 0.676. The van der Waals surface area contributed by atoms with Gasteiger partial charge in [0.15, 0.2) is 0 Å². The van der Waals surface area contributed by atoms with Crippen LogP contribution in [0, 0.1) is 13.8 Å². The van der Waals surface area contributed by atoms with Gasteiger partial charge >= 0.3 is 5.97 Å². The molecule has 106 valence electrons. The molecule has 3 rings (SSSR count). The highest BCUT2D eigenvalue weighted by Gasteiger charge is 2.10. The first kappa shape index (κ1) is 13.4. The number of hydrogen-bond donors (Lipinski definition) is 0. The van der Waals surface area contributed by atoms with E-state index in [9.17, 15) is 4.79 Å². The summed E-state index contributed by atoms with van der Waals surface area (Å²) in [5, 5.41) is 0. The Labute approximate surface area is 123 Å². The van der Waals surface area contributed by atoms with Crippen molar-refractivity contribution in [3.05, 3.63) is 59.4 Å². The number of ether oxygens (including phenoxy) is 1. The second-order valence-corrected chi connectivity index (χ2v) is 5.12. The summed E-state index contributed by atoms with van der Waals surface area (Å²) in [6.07, 6.45) is 3.67. The van der Waals surface area contributed by atoms with E-state index in [2.05, 4.69) is 37.0 Å². The Morgan fingerprint density at radius 2 is 1.95 bits per heavy atom. The molecule has 0 aliphatic carbocycles. The number of imidazole rings is 1. The van der Waals surface area contributed by atoms with Gasteiger partial charge in [-0.05, 0) is 31.5 Å². The van der Waals surface area contributed by atoms with Gasteiger partial charge in [0, 0.05) is 18.0 Å². The van der Waals surface area contributed by atoms with Crippen LogP contribution in [-0.4, -0.2) is 22.5 Å². The summed E-state index contributed by atoms with van der Waals surface area (Å²) in [7, 11) is 1.38. The van der Waals surface area contributed by atoms with Crippen molar-refractivity contribution < 1.29 is 9.53 Å². The molecule has 0 fully saturated rings. The summed E-state index contributed by atoms with van der Waals surface area (Å²) in [5.74, 6) is -0.348. The lowest BCUT2D eigenvalue weighted by Gasteiger charge is -2.02. The van der Waals surface area contributed by atoms with Gasteiger partial charge in [-0.25, -0.2) is 9.78 Å². The average Bonchev–Trinajstić information content (AvgIpc) is 2.88. The van der Waals surface area contributed by atoms with Crippen LogP contribution in [-0.2, 0) is 4.74 Å². The molecular formula is C17H16N2O2. The van der Waals surface area contributed by atoms with Crippen LogP contribution in [0.4, 0.5) is 0 Å². The van der Waals surface area contributed by atoms with Crippen molar-refractivity contribution in [3.8, 4) is 11.3 Å². The van der Waals surface area contributed by atoms with Crippen molar-refractivity contribution in [1.29, 1.82) is 0 Å². The summed E-state index contributed by atoms with van der Waals surface area (Å²) in [6, 6.07) is 9.83. The highest BCUT2D eigenvalue weighted by Crippen LogP contribution is 2.24. The van der Waals surface area contributed by atoms with Gasteiger partial charge in [0.2, 0.25) is 0 Å². The number of aryl methyl sites for hydroxylation is 2. The topological polar surface area (TPSA) is 43.6 Å². The first-order chi connectivity index (χ1) is 10.1. The SMILES string of the molecule is COC(=O)c1ccc2nc(-c3ccc(C)cc3C)cn2c1. The number of methoxy groups -OCH3 is 1. The average molecular weight is 280 g/mol. The number of hydrogen-bond acceptors (Lipinski definition) is 3. The maximum absolute atomic E-state index is 11.6. The first-order valence-electron chi connectivity index (χ1n) is 6.73. The van der Waals surface area contributed by atoms with Crippen LogP contribution in [0.5, 0.6) is 0 Å². The largest absolute Gasteiger partial charge is 0.465 e. The van der Waals surface area contributed by atoms with E-state index in [-0.39, 0.29) is 5.97 Å². The summed E-state index contributed by atoms with van der Waals surface area (Å²) >= 11 is 0. The van der Waals surface area contributed by atoms with E-state index in [1.165, 1.54) is 18.2 Å². The molecule has 1 aromatic carbocycles. The van der Waals surface area contributed by atoms with Gasteiger partial charge in [-0.2, -0.15) is 0 Å². The molecule has 0 amide bonds. The second kappa shape index (κ2) is 5.05. The summed E-state index contributed by atoms with van der Waals surface area (Å²) in [5.41, 5.74) is 5.73. The molecule has 0 unspecified atom stereocenters. The number of benzene rings is 1. The zero-order valence-electron chi connectivity index (χ0n) is 12.3. The lowest BCUT2D eigenvalue weighted by Crippen LogP contribution is -2.02. The van der Waals surface area contributed by atoms with E-state index in [1.807, 2.05) is 16.7 Å². The smallest absolute Gasteiger partial charge is 0.339 e. The van der Waals surface area contributed by atoms with Crippen LogP contribution in [0.15, 0.2) is 42.7 Å². The fraction of sp³-hybridized carbons (Fsp3) is 0.176. The fourth-order valence-electron chi connectivity index (χ4n) is 2.46. The highest BCUT2D eigenvalue weighted by molar-refractivity contribution is 5.89. The number of pyridine rings is 1. The van der Waals surface area contributed by atoms with Gasteiger partial charge in [0.25, 0.3) is 0 Å². The van der Waals surface area contributed by atoms with Crippen molar-refractivity contribution >= 4 is 11.6 Å². The molecule has 0 aliphatic rings. The van der Waals surface area contributed by atoms with Crippen molar-refractivity contribution in [2.75, 3.05) is 7.11 Å². The lowest BCUT2D eigenvalue weighted by molar-refractivity contribution is 0.0600. The maximum atomic E-state index is 11.6. The van der Waals surface area contributed by atoms with Gasteiger partial charge in [-0.3, -0.25) is 0 Å². The van der Waals surface area contributed by atoms with Crippen LogP contribution in [0.1, 0.15) is 21.5 Å². The van der Waals surface area contributed by atoms with Crippen molar-refractivity contribution in [2.45, 2.75) is 13.8 Å². The van der Waals surface area contributed by atoms with Gasteiger partial charge < -0.3 is 9.14 Å². The van der Waals surface area contributed by atoms with E-state index >= 15 is 0 Å². The molecule has 0 bridgehead atoms. The number of carbonyl (C=O) groups excluding carboxylic acids is 1. The van der Waals surface area contributed by atoms with E-state index in [1.54, 1.807) is 12.3 Å². The third-order valence-corrected chi connectivity index (χ3v) is 3.53. The molecule has 2 heterocycles. The van der Waals surface area contributed by atoms with Gasteiger partial charge in [-0.1, -0.05) is 23.8 Å². The first-order valence-corrected chi connectivity index (χ1v) is 6.73. The summed E-state index contributed by atoms with van der Waals surface area (Å²) in [6.45, 7) is 4.15.